The van der Waals surface area contributed by atoms with Crippen LogP contribution in [0.15, 0.2) is 30.6 Å². The van der Waals surface area contributed by atoms with Crippen molar-refractivity contribution in [1.82, 2.24) is 15.2 Å². The molecule has 0 spiro atoms. The van der Waals surface area contributed by atoms with Gasteiger partial charge in [0, 0.05) is 30.1 Å². The number of nitrogens with zero attached hydrogens (tertiary/aromatic N) is 2. The molecule has 2 aromatic heterocycles. The maximum atomic E-state index is 5.45. The number of rotatable bonds is 3. The van der Waals surface area contributed by atoms with Gasteiger partial charge in [0.15, 0.2) is 0 Å². The van der Waals surface area contributed by atoms with E-state index >= 15 is 0 Å². The van der Waals surface area contributed by atoms with Crippen LogP contribution in [-0.4, -0.2) is 21.7 Å². The molecular weight excluding hydrogens is 176 g/mol. The van der Waals surface area contributed by atoms with Crippen LogP contribution in [0.1, 0.15) is 5.69 Å². The molecule has 2 heterocycles. The molecule has 0 fully saturated rings. The van der Waals surface area contributed by atoms with Gasteiger partial charge in [-0.2, -0.15) is 5.10 Å². The van der Waals surface area contributed by atoms with Gasteiger partial charge in [-0.25, -0.2) is 0 Å². The normalized spacial score (nSPS) is 10.4. The molecule has 0 saturated heterocycles. The molecule has 4 nitrogen and oxygen atoms in total. The molecule has 0 aliphatic carbocycles. The Balaban J connectivity index is 2.25. The summed E-state index contributed by atoms with van der Waals surface area (Å²) in [5.74, 6) is 0. The van der Waals surface area contributed by atoms with Crippen LogP contribution >= 0.6 is 0 Å². The van der Waals surface area contributed by atoms with Crippen LogP contribution in [0.5, 0.6) is 0 Å². The van der Waals surface area contributed by atoms with Crippen LogP contribution in [0.4, 0.5) is 0 Å². The first-order chi connectivity index (χ1) is 6.90. The summed E-state index contributed by atoms with van der Waals surface area (Å²) in [6.45, 7) is 0.634. The van der Waals surface area contributed by atoms with Crippen LogP contribution in [0, 0.1) is 0 Å². The first-order valence-corrected chi connectivity index (χ1v) is 4.55. The fourth-order valence-corrected chi connectivity index (χ4v) is 1.31. The van der Waals surface area contributed by atoms with Gasteiger partial charge in [-0.05, 0) is 24.7 Å². The molecule has 2 aromatic rings. The maximum absolute atomic E-state index is 5.45. The molecule has 14 heavy (non-hydrogen) atoms. The maximum Gasteiger partial charge on any atom is 0.0939 e. The second-order valence-corrected chi connectivity index (χ2v) is 3.06. The van der Waals surface area contributed by atoms with E-state index in [2.05, 4.69) is 15.2 Å². The Bertz CT molecular complexity index is 394. The second-order valence-electron chi connectivity index (χ2n) is 3.06. The van der Waals surface area contributed by atoms with E-state index in [0.717, 1.165) is 23.4 Å². The molecule has 4 heteroatoms. The van der Waals surface area contributed by atoms with Gasteiger partial charge in [-0.1, -0.05) is 0 Å². The second kappa shape index (κ2) is 4.02. The van der Waals surface area contributed by atoms with Gasteiger partial charge in [0.1, 0.15) is 0 Å². The van der Waals surface area contributed by atoms with Gasteiger partial charge >= 0.3 is 0 Å². The number of hydrogen-bond donors (Lipinski definition) is 2. The minimum absolute atomic E-state index is 0.634. The van der Waals surface area contributed by atoms with Gasteiger partial charge < -0.3 is 5.73 Å². The van der Waals surface area contributed by atoms with E-state index < -0.39 is 0 Å². The van der Waals surface area contributed by atoms with Crippen LogP contribution in [0.25, 0.3) is 11.3 Å². The summed E-state index contributed by atoms with van der Waals surface area (Å²) in [6.07, 6.45) is 4.37. The first kappa shape index (κ1) is 8.90. The third-order valence-electron chi connectivity index (χ3n) is 2.00. The third-order valence-corrected chi connectivity index (χ3v) is 2.00. The van der Waals surface area contributed by atoms with Gasteiger partial charge in [0.25, 0.3) is 0 Å². The van der Waals surface area contributed by atoms with Crippen LogP contribution in [0.3, 0.4) is 0 Å². The van der Waals surface area contributed by atoms with Crippen LogP contribution in [-0.2, 0) is 6.42 Å². The van der Waals surface area contributed by atoms with Crippen molar-refractivity contribution in [3.63, 3.8) is 0 Å². The summed E-state index contributed by atoms with van der Waals surface area (Å²) in [6, 6.07) is 5.88. The summed E-state index contributed by atoms with van der Waals surface area (Å²) in [5.41, 5.74) is 8.45. The standard InChI is InChI=1S/C10H12N4/c11-4-3-9-6-10(14-13-9)8-2-1-5-12-7-8/h1-2,5-7H,3-4,11H2,(H,13,14). The zero-order chi connectivity index (χ0) is 9.80. The lowest BCUT2D eigenvalue weighted by molar-refractivity contribution is 0.902. The fourth-order valence-electron chi connectivity index (χ4n) is 1.31. The minimum Gasteiger partial charge on any atom is -0.330 e. The summed E-state index contributed by atoms with van der Waals surface area (Å²) < 4.78 is 0. The third kappa shape index (κ3) is 1.80. The number of H-pyrrole nitrogens is 1. The lowest BCUT2D eigenvalue weighted by Gasteiger charge is -1.92. The molecule has 0 radical (unpaired) electrons. The Morgan fingerprint density at radius 3 is 3.07 bits per heavy atom. The quantitative estimate of drug-likeness (QED) is 0.754. The number of nitrogens with one attached hydrogen (secondary N) is 1. The van der Waals surface area contributed by atoms with Crippen molar-refractivity contribution in [2.45, 2.75) is 6.42 Å². The summed E-state index contributed by atoms with van der Waals surface area (Å²) in [7, 11) is 0. The molecule has 3 N–H and O–H groups in total. The van der Waals surface area contributed by atoms with Gasteiger partial charge in [-0.3, -0.25) is 10.1 Å². The lowest BCUT2D eigenvalue weighted by Crippen LogP contribution is -2.02. The largest absolute Gasteiger partial charge is 0.330 e. The van der Waals surface area contributed by atoms with Crippen LogP contribution in [0.2, 0.25) is 0 Å². The highest BCUT2D eigenvalue weighted by molar-refractivity contribution is 5.57. The van der Waals surface area contributed by atoms with E-state index in [9.17, 15) is 0 Å². The van der Waals surface area contributed by atoms with Gasteiger partial charge in [0.05, 0.1) is 5.69 Å². The van der Waals surface area contributed by atoms with Crippen molar-refractivity contribution >= 4 is 0 Å². The van der Waals surface area contributed by atoms with E-state index in [4.69, 9.17) is 5.73 Å². The van der Waals surface area contributed by atoms with Crippen molar-refractivity contribution in [1.29, 1.82) is 0 Å². The Kier molecular flexibility index (Phi) is 2.55. The molecule has 0 bridgehead atoms. The Hall–Kier alpha value is -1.68. The van der Waals surface area contributed by atoms with E-state index in [1.54, 1.807) is 12.4 Å². The molecule has 0 aromatic carbocycles. The average molecular weight is 188 g/mol. The van der Waals surface area contributed by atoms with Gasteiger partial charge in [-0.15, -0.1) is 0 Å². The molecule has 0 aliphatic heterocycles. The molecule has 2 rings (SSSR count). The molecule has 0 unspecified atom stereocenters. The van der Waals surface area contributed by atoms with Crippen molar-refractivity contribution in [2.75, 3.05) is 6.54 Å². The molecule has 0 atom stereocenters. The highest BCUT2D eigenvalue weighted by Crippen LogP contribution is 2.15. The Morgan fingerprint density at radius 1 is 1.43 bits per heavy atom. The van der Waals surface area contributed by atoms with Crippen molar-refractivity contribution in [2.24, 2.45) is 5.73 Å². The lowest BCUT2D eigenvalue weighted by atomic mass is 10.2. The van der Waals surface area contributed by atoms with E-state index in [1.807, 2.05) is 18.2 Å². The number of pyridine rings is 1. The van der Waals surface area contributed by atoms with Crippen LogP contribution < -0.4 is 5.73 Å². The number of aromatic nitrogens is 3. The zero-order valence-electron chi connectivity index (χ0n) is 7.77. The number of nitrogens with two attached hydrogens (primary N) is 1. The highest BCUT2D eigenvalue weighted by Gasteiger charge is 2.02. The van der Waals surface area contributed by atoms with Crippen molar-refractivity contribution < 1.29 is 0 Å². The minimum atomic E-state index is 0.634. The SMILES string of the molecule is NCCc1cc(-c2cccnc2)n[nH]1. The molecule has 72 valence electrons. The van der Waals surface area contributed by atoms with Crippen molar-refractivity contribution in [3.05, 3.63) is 36.3 Å². The Labute approximate surface area is 82.2 Å². The predicted octanol–water partition coefficient (Wildman–Crippen LogP) is 0.973. The average Bonchev–Trinajstić information content (AvgIpc) is 2.68. The van der Waals surface area contributed by atoms with E-state index in [0.29, 0.717) is 6.54 Å². The number of hydrogen-bond acceptors (Lipinski definition) is 3. The molecule has 0 amide bonds. The summed E-state index contributed by atoms with van der Waals surface area (Å²) in [4.78, 5) is 4.04. The zero-order valence-corrected chi connectivity index (χ0v) is 7.77. The number of aromatic amines is 1. The monoisotopic (exact) mass is 188 g/mol. The predicted molar refractivity (Wildman–Crippen MR) is 54.6 cm³/mol. The summed E-state index contributed by atoms with van der Waals surface area (Å²) >= 11 is 0. The molecule has 0 saturated carbocycles. The van der Waals surface area contributed by atoms with Crippen molar-refractivity contribution in [3.8, 4) is 11.3 Å². The van der Waals surface area contributed by atoms with E-state index in [-0.39, 0.29) is 0 Å². The highest BCUT2D eigenvalue weighted by atomic mass is 15.1. The van der Waals surface area contributed by atoms with E-state index in [1.165, 1.54) is 0 Å². The topological polar surface area (TPSA) is 67.6 Å². The smallest absolute Gasteiger partial charge is 0.0939 e. The molecular formula is C10H12N4. The Morgan fingerprint density at radius 2 is 2.36 bits per heavy atom. The van der Waals surface area contributed by atoms with Gasteiger partial charge in [0.2, 0.25) is 0 Å². The first-order valence-electron chi connectivity index (χ1n) is 4.55. The fraction of sp³-hybridized carbons (Fsp3) is 0.200. The molecule has 0 aliphatic rings. The summed E-state index contributed by atoms with van der Waals surface area (Å²) in [5, 5.41) is 7.13.